The smallest absolute Gasteiger partial charge is 0.130 e. The predicted octanol–water partition coefficient (Wildman–Crippen LogP) is 3.82. The van der Waals surface area contributed by atoms with Crippen LogP contribution in [0.1, 0.15) is 29.5 Å². The summed E-state index contributed by atoms with van der Waals surface area (Å²) in [7, 11) is 0. The molecule has 0 fully saturated rings. The zero-order valence-electron chi connectivity index (χ0n) is 11.1. The molecule has 2 N–H and O–H groups in total. The van der Waals surface area contributed by atoms with Crippen LogP contribution in [0.4, 0.5) is 0 Å². The van der Waals surface area contributed by atoms with Gasteiger partial charge >= 0.3 is 0 Å². The second-order valence-corrected chi connectivity index (χ2v) is 5.05. The van der Waals surface area contributed by atoms with Crippen molar-refractivity contribution in [2.45, 2.75) is 32.2 Å². The third kappa shape index (κ3) is 2.64. The maximum atomic E-state index is 6.04. The Morgan fingerprint density at radius 3 is 2.53 bits per heavy atom. The van der Waals surface area contributed by atoms with Gasteiger partial charge in [0.15, 0.2) is 0 Å². The van der Waals surface area contributed by atoms with Crippen LogP contribution in [0.2, 0.25) is 0 Å². The first-order chi connectivity index (χ1) is 9.36. The van der Waals surface area contributed by atoms with E-state index in [0.29, 0.717) is 6.54 Å². The van der Waals surface area contributed by atoms with Crippen molar-refractivity contribution in [3.63, 3.8) is 0 Å². The summed E-state index contributed by atoms with van der Waals surface area (Å²) in [6, 6.07) is 14.4. The minimum Gasteiger partial charge on any atom is -0.457 e. The summed E-state index contributed by atoms with van der Waals surface area (Å²) in [5.41, 5.74) is 9.56. The molecule has 1 aliphatic carbocycles. The second-order valence-electron chi connectivity index (χ2n) is 5.05. The molecule has 98 valence electrons. The average Bonchev–Trinajstić information content (AvgIpc) is 2.48. The SMILES string of the molecule is NCc1ccc(Oc2cccc3c2CCCC3)cc1. The summed E-state index contributed by atoms with van der Waals surface area (Å²) < 4.78 is 6.04. The third-order valence-corrected chi connectivity index (χ3v) is 3.74. The molecule has 0 unspecified atom stereocenters. The quantitative estimate of drug-likeness (QED) is 0.902. The van der Waals surface area contributed by atoms with Gasteiger partial charge in [-0.2, -0.15) is 0 Å². The van der Waals surface area contributed by atoms with E-state index < -0.39 is 0 Å². The van der Waals surface area contributed by atoms with Crippen LogP contribution in [-0.4, -0.2) is 0 Å². The molecule has 2 aromatic rings. The Morgan fingerprint density at radius 1 is 0.947 bits per heavy atom. The minimum atomic E-state index is 0.570. The van der Waals surface area contributed by atoms with Gasteiger partial charge in [-0.1, -0.05) is 24.3 Å². The van der Waals surface area contributed by atoms with E-state index in [1.165, 1.54) is 30.4 Å². The van der Waals surface area contributed by atoms with Gasteiger partial charge in [0.25, 0.3) is 0 Å². The lowest BCUT2D eigenvalue weighted by Gasteiger charge is -2.19. The zero-order chi connectivity index (χ0) is 13.1. The van der Waals surface area contributed by atoms with Crippen LogP contribution in [0.3, 0.4) is 0 Å². The topological polar surface area (TPSA) is 35.2 Å². The van der Waals surface area contributed by atoms with Gasteiger partial charge in [-0.05, 0) is 60.6 Å². The normalized spacial score (nSPS) is 13.9. The molecular formula is C17H19NO. The Balaban J connectivity index is 1.86. The molecule has 0 aromatic heterocycles. The highest BCUT2D eigenvalue weighted by Crippen LogP contribution is 2.32. The first-order valence-electron chi connectivity index (χ1n) is 6.94. The first-order valence-corrected chi connectivity index (χ1v) is 6.94. The van der Waals surface area contributed by atoms with Crippen molar-refractivity contribution in [3.8, 4) is 11.5 Å². The van der Waals surface area contributed by atoms with Crippen molar-refractivity contribution in [1.82, 2.24) is 0 Å². The molecule has 2 heteroatoms. The molecular weight excluding hydrogens is 234 g/mol. The molecule has 0 bridgehead atoms. The molecule has 0 saturated carbocycles. The van der Waals surface area contributed by atoms with Gasteiger partial charge in [-0.25, -0.2) is 0 Å². The van der Waals surface area contributed by atoms with E-state index in [1.807, 2.05) is 24.3 Å². The Kier molecular flexibility index (Phi) is 3.51. The molecule has 0 radical (unpaired) electrons. The van der Waals surface area contributed by atoms with Crippen molar-refractivity contribution in [2.24, 2.45) is 5.73 Å². The number of nitrogens with two attached hydrogens (primary N) is 1. The summed E-state index contributed by atoms with van der Waals surface area (Å²) in [6.45, 7) is 0.570. The van der Waals surface area contributed by atoms with E-state index >= 15 is 0 Å². The maximum absolute atomic E-state index is 6.04. The predicted molar refractivity (Wildman–Crippen MR) is 77.5 cm³/mol. The lowest BCUT2D eigenvalue weighted by Crippen LogP contribution is -2.04. The van der Waals surface area contributed by atoms with Crippen LogP contribution in [-0.2, 0) is 19.4 Å². The molecule has 0 heterocycles. The maximum Gasteiger partial charge on any atom is 0.130 e. The van der Waals surface area contributed by atoms with Crippen LogP contribution in [0.15, 0.2) is 42.5 Å². The van der Waals surface area contributed by atoms with Gasteiger partial charge in [0.2, 0.25) is 0 Å². The molecule has 2 nitrogen and oxygen atoms in total. The summed E-state index contributed by atoms with van der Waals surface area (Å²) in [5.74, 6) is 1.90. The molecule has 0 amide bonds. The fraction of sp³-hybridized carbons (Fsp3) is 0.294. The van der Waals surface area contributed by atoms with Crippen LogP contribution in [0.25, 0.3) is 0 Å². The van der Waals surface area contributed by atoms with E-state index in [2.05, 4.69) is 18.2 Å². The van der Waals surface area contributed by atoms with Crippen molar-refractivity contribution in [1.29, 1.82) is 0 Å². The van der Waals surface area contributed by atoms with E-state index in [4.69, 9.17) is 10.5 Å². The third-order valence-electron chi connectivity index (χ3n) is 3.74. The standard InChI is InChI=1S/C17H19NO/c18-12-13-8-10-15(11-9-13)19-17-7-3-5-14-4-1-2-6-16(14)17/h3,5,7-11H,1-2,4,6,12,18H2. The molecule has 0 spiro atoms. The van der Waals surface area contributed by atoms with Crippen LogP contribution < -0.4 is 10.5 Å². The molecule has 0 atom stereocenters. The Morgan fingerprint density at radius 2 is 1.74 bits per heavy atom. The van der Waals surface area contributed by atoms with Gasteiger partial charge in [-0.15, -0.1) is 0 Å². The van der Waals surface area contributed by atoms with E-state index in [9.17, 15) is 0 Å². The minimum absolute atomic E-state index is 0.570. The fourth-order valence-corrected chi connectivity index (χ4v) is 2.66. The number of fused-ring (bicyclic) bond motifs is 1. The second kappa shape index (κ2) is 5.45. The Hall–Kier alpha value is -1.80. The molecule has 2 aromatic carbocycles. The van der Waals surface area contributed by atoms with Gasteiger partial charge in [0.05, 0.1) is 0 Å². The number of benzene rings is 2. The number of ether oxygens (including phenoxy) is 1. The van der Waals surface area contributed by atoms with E-state index in [-0.39, 0.29) is 0 Å². The van der Waals surface area contributed by atoms with Crippen molar-refractivity contribution in [2.75, 3.05) is 0 Å². The fourth-order valence-electron chi connectivity index (χ4n) is 2.66. The molecule has 0 aliphatic heterocycles. The van der Waals surface area contributed by atoms with E-state index in [1.54, 1.807) is 0 Å². The highest BCUT2D eigenvalue weighted by Gasteiger charge is 2.14. The monoisotopic (exact) mass is 253 g/mol. The van der Waals surface area contributed by atoms with Crippen LogP contribution in [0.5, 0.6) is 11.5 Å². The molecule has 0 saturated heterocycles. The largest absolute Gasteiger partial charge is 0.457 e. The van der Waals surface area contributed by atoms with E-state index in [0.717, 1.165) is 23.5 Å². The number of aryl methyl sites for hydroxylation is 1. The number of rotatable bonds is 3. The van der Waals surface area contributed by atoms with Gasteiger partial charge < -0.3 is 10.5 Å². The highest BCUT2D eigenvalue weighted by atomic mass is 16.5. The summed E-state index contributed by atoms with van der Waals surface area (Å²) in [6.07, 6.45) is 4.87. The molecule has 19 heavy (non-hydrogen) atoms. The van der Waals surface area contributed by atoms with Crippen LogP contribution >= 0.6 is 0 Å². The van der Waals surface area contributed by atoms with Gasteiger partial charge in [0.1, 0.15) is 11.5 Å². The number of hydrogen-bond donors (Lipinski definition) is 1. The van der Waals surface area contributed by atoms with Crippen LogP contribution in [0, 0.1) is 0 Å². The summed E-state index contributed by atoms with van der Waals surface area (Å²) >= 11 is 0. The van der Waals surface area contributed by atoms with Crippen molar-refractivity contribution < 1.29 is 4.74 Å². The average molecular weight is 253 g/mol. The molecule has 1 aliphatic rings. The lowest BCUT2D eigenvalue weighted by atomic mass is 9.91. The lowest BCUT2D eigenvalue weighted by molar-refractivity contribution is 0.470. The Labute approximate surface area is 114 Å². The summed E-state index contributed by atoms with van der Waals surface area (Å²) in [4.78, 5) is 0. The highest BCUT2D eigenvalue weighted by molar-refractivity contribution is 5.44. The number of hydrogen-bond acceptors (Lipinski definition) is 2. The van der Waals surface area contributed by atoms with Gasteiger partial charge in [-0.3, -0.25) is 0 Å². The van der Waals surface area contributed by atoms with Gasteiger partial charge in [0, 0.05) is 6.54 Å². The first kappa shape index (κ1) is 12.2. The van der Waals surface area contributed by atoms with Crippen molar-refractivity contribution in [3.05, 3.63) is 59.2 Å². The summed E-state index contributed by atoms with van der Waals surface area (Å²) in [5, 5.41) is 0. The Bertz CT molecular complexity index is 560. The zero-order valence-corrected chi connectivity index (χ0v) is 11.1. The van der Waals surface area contributed by atoms with Crippen molar-refractivity contribution >= 4 is 0 Å². The molecule has 3 rings (SSSR count).